The normalized spacial score (nSPS) is 14.8. The molecule has 0 heterocycles. The maximum Gasteiger partial charge on any atom is 0.249 e. The van der Waals surface area contributed by atoms with E-state index in [0.29, 0.717) is 5.56 Å². The van der Waals surface area contributed by atoms with Crippen molar-refractivity contribution in [2.24, 2.45) is 5.73 Å². The van der Waals surface area contributed by atoms with Crippen LogP contribution >= 0.6 is 0 Å². The zero-order valence-electron chi connectivity index (χ0n) is 17.5. The third-order valence-corrected chi connectivity index (χ3v) is 6.21. The lowest BCUT2D eigenvalue weighted by molar-refractivity contribution is 0.100. The van der Waals surface area contributed by atoms with E-state index in [2.05, 4.69) is 45.9 Å². The number of methoxy groups -OCH3 is 1. The van der Waals surface area contributed by atoms with Gasteiger partial charge in [0, 0.05) is 16.7 Å². The van der Waals surface area contributed by atoms with Crippen LogP contribution in [0.25, 0.3) is 17.2 Å². The summed E-state index contributed by atoms with van der Waals surface area (Å²) in [6.45, 7) is 8.90. The zero-order valence-corrected chi connectivity index (χ0v) is 17.5. The molecule has 4 rings (SSSR count). The van der Waals surface area contributed by atoms with E-state index in [1.807, 2.05) is 6.07 Å². The number of amides is 1. The summed E-state index contributed by atoms with van der Waals surface area (Å²) in [5.74, 6) is 0.565. The maximum atomic E-state index is 12.4. The van der Waals surface area contributed by atoms with Crippen LogP contribution in [0.3, 0.4) is 0 Å². The van der Waals surface area contributed by atoms with Crippen molar-refractivity contribution < 1.29 is 9.53 Å². The quantitative estimate of drug-likeness (QED) is 0.798. The van der Waals surface area contributed by atoms with Gasteiger partial charge in [-0.25, -0.2) is 0 Å². The van der Waals surface area contributed by atoms with Gasteiger partial charge in [-0.05, 0) is 65.0 Å². The molecule has 2 aromatic carbocycles. The molecular formula is C25H29NO2. The molecule has 0 unspecified atom stereocenters. The second-order valence-electron chi connectivity index (χ2n) is 9.01. The number of nitrogens with two attached hydrogens (primary N) is 1. The Morgan fingerprint density at radius 1 is 1.14 bits per heavy atom. The second-order valence-corrected chi connectivity index (χ2v) is 9.01. The fourth-order valence-corrected chi connectivity index (χ4v) is 4.62. The first-order chi connectivity index (χ1) is 13.2. The highest BCUT2D eigenvalue weighted by Crippen LogP contribution is 2.46. The number of hydrogen-bond acceptors (Lipinski definition) is 2. The minimum Gasteiger partial charge on any atom is -0.496 e. The number of allylic oxidation sites excluding steroid dienone is 1. The van der Waals surface area contributed by atoms with Gasteiger partial charge in [-0.15, -0.1) is 0 Å². The molecule has 2 aliphatic carbocycles. The van der Waals surface area contributed by atoms with E-state index in [1.54, 1.807) is 7.11 Å². The van der Waals surface area contributed by atoms with E-state index in [-0.39, 0.29) is 11.3 Å². The highest BCUT2D eigenvalue weighted by Gasteiger charge is 2.30. The number of aryl methyl sites for hydroxylation is 1. The lowest BCUT2D eigenvalue weighted by Gasteiger charge is -2.24. The summed E-state index contributed by atoms with van der Waals surface area (Å²) >= 11 is 0. The summed E-state index contributed by atoms with van der Waals surface area (Å²) < 4.78 is 5.73. The van der Waals surface area contributed by atoms with Crippen molar-refractivity contribution in [3.8, 4) is 16.9 Å². The highest BCUT2D eigenvalue weighted by atomic mass is 16.5. The van der Waals surface area contributed by atoms with Crippen LogP contribution in [0.2, 0.25) is 0 Å². The van der Waals surface area contributed by atoms with Gasteiger partial charge < -0.3 is 10.5 Å². The van der Waals surface area contributed by atoms with Gasteiger partial charge in [0.05, 0.1) is 7.11 Å². The Kier molecular flexibility index (Phi) is 4.37. The lowest BCUT2D eigenvalue weighted by Crippen LogP contribution is -2.15. The largest absolute Gasteiger partial charge is 0.496 e. The number of rotatable bonds is 4. The molecule has 146 valence electrons. The van der Waals surface area contributed by atoms with Gasteiger partial charge in [-0.3, -0.25) is 4.79 Å². The maximum absolute atomic E-state index is 12.4. The minimum absolute atomic E-state index is 0.0177. The Balaban J connectivity index is 2.05. The Labute approximate surface area is 167 Å². The lowest BCUT2D eigenvalue weighted by atomic mass is 9.81. The topological polar surface area (TPSA) is 52.3 Å². The molecule has 1 amide bonds. The summed E-state index contributed by atoms with van der Waals surface area (Å²) in [6, 6.07) is 6.55. The third-order valence-electron chi connectivity index (χ3n) is 6.21. The molecule has 3 heteroatoms. The molecule has 2 N–H and O–H groups in total. The molecule has 2 bridgehead atoms. The van der Waals surface area contributed by atoms with Gasteiger partial charge in [0.2, 0.25) is 5.91 Å². The molecule has 0 fully saturated rings. The second kappa shape index (κ2) is 6.51. The molecular weight excluding hydrogens is 346 g/mol. The SMILES string of the molecule is CCC1=Cc2cc(C(C)(C)C)cc(-c3c(C(N)=O)cc4c(OC)c3CC4)c2C1. The monoisotopic (exact) mass is 375 g/mol. The molecule has 0 aromatic heterocycles. The Morgan fingerprint density at radius 2 is 1.89 bits per heavy atom. The molecule has 2 aromatic rings. The van der Waals surface area contributed by atoms with Crippen LogP contribution < -0.4 is 10.5 Å². The zero-order chi connectivity index (χ0) is 20.2. The molecule has 0 spiro atoms. The predicted octanol–water partition coefficient (Wildman–Crippen LogP) is 5.21. The van der Waals surface area contributed by atoms with Crippen LogP contribution in [-0.2, 0) is 24.7 Å². The van der Waals surface area contributed by atoms with Crippen molar-refractivity contribution in [1.82, 2.24) is 0 Å². The van der Waals surface area contributed by atoms with Crippen LogP contribution in [0.5, 0.6) is 5.75 Å². The average molecular weight is 376 g/mol. The highest BCUT2D eigenvalue weighted by molar-refractivity contribution is 6.03. The predicted molar refractivity (Wildman–Crippen MR) is 115 cm³/mol. The standard InChI is InChI=1S/C25H29NO2/c1-6-14-9-16-11-17(25(2,3)4)13-20(19(16)10-14)22-18-8-7-15(23(18)28-5)12-21(22)24(26)27/h9,11-13H,6-8,10H2,1-5H3,(H2,26,27). The number of hydrogen-bond donors (Lipinski definition) is 1. The van der Waals surface area contributed by atoms with Crippen LogP contribution in [-0.4, -0.2) is 13.0 Å². The summed E-state index contributed by atoms with van der Waals surface area (Å²) in [5, 5.41) is 0. The smallest absolute Gasteiger partial charge is 0.249 e. The van der Waals surface area contributed by atoms with E-state index in [1.165, 1.54) is 22.3 Å². The first kappa shape index (κ1) is 18.8. The fourth-order valence-electron chi connectivity index (χ4n) is 4.62. The first-order valence-electron chi connectivity index (χ1n) is 10.1. The van der Waals surface area contributed by atoms with Crippen LogP contribution in [0.4, 0.5) is 0 Å². The van der Waals surface area contributed by atoms with Crippen molar-refractivity contribution in [2.45, 2.75) is 58.8 Å². The number of carbonyl (C=O) groups is 1. The Hall–Kier alpha value is -2.55. The molecule has 28 heavy (non-hydrogen) atoms. The van der Waals surface area contributed by atoms with Gasteiger partial charge in [0.25, 0.3) is 0 Å². The van der Waals surface area contributed by atoms with Gasteiger partial charge in [-0.2, -0.15) is 0 Å². The van der Waals surface area contributed by atoms with E-state index in [4.69, 9.17) is 10.5 Å². The van der Waals surface area contributed by atoms with E-state index in [0.717, 1.165) is 53.7 Å². The van der Waals surface area contributed by atoms with Crippen molar-refractivity contribution in [2.75, 3.05) is 7.11 Å². The molecule has 0 saturated carbocycles. The van der Waals surface area contributed by atoms with E-state index in [9.17, 15) is 4.79 Å². The van der Waals surface area contributed by atoms with Gasteiger partial charge in [0.1, 0.15) is 5.75 Å². The Bertz CT molecular complexity index is 1020. The number of ether oxygens (including phenoxy) is 1. The number of fused-ring (bicyclic) bond motifs is 3. The fraction of sp³-hybridized carbons (Fsp3) is 0.400. The van der Waals surface area contributed by atoms with Crippen LogP contribution in [0.15, 0.2) is 23.8 Å². The number of benzene rings is 2. The average Bonchev–Trinajstić information content (AvgIpc) is 3.18. The molecule has 0 aliphatic heterocycles. The van der Waals surface area contributed by atoms with Gasteiger partial charge >= 0.3 is 0 Å². The molecule has 2 aliphatic rings. The molecule has 0 atom stereocenters. The van der Waals surface area contributed by atoms with E-state index < -0.39 is 0 Å². The third kappa shape index (κ3) is 2.85. The van der Waals surface area contributed by atoms with E-state index >= 15 is 0 Å². The summed E-state index contributed by atoms with van der Waals surface area (Å²) in [4.78, 5) is 12.4. The summed E-state index contributed by atoms with van der Waals surface area (Å²) in [5.41, 5.74) is 16.1. The van der Waals surface area contributed by atoms with Crippen molar-refractivity contribution in [3.63, 3.8) is 0 Å². The summed E-state index contributed by atoms with van der Waals surface area (Å²) in [7, 11) is 1.72. The van der Waals surface area contributed by atoms with Crippen molar-refractivity contribution in [3.05, 3.63) is 57.2 Å². The first-order valence-corrected chi connectivity index (χ1v) is 10.1. The van der Waals surface area contributed by atoms with Gasteiger partial charge in [0.15, 0.2) is 0 Å². The Morgan fingerprint density at radius 3 is 2.50 bits per heavy atom. The summed E-state index contributed by atoms with van der Waals surface area (Å²) in [6.07, 6.45) is 6.09. The van der Waals surface area contributed by atoms with Crippen molar-refractivity contribution in [1.29, 1.82) is 0 Å². The molecule has 3 nitrogen and oxygen atoms in total. The van der Waals surface area contributed by atoms with Crippen LogP contribution in [0.1, 0.15) is 72.3 Å². The van der Waals surface area contributed by atoms with Crippen molar-refractivity contribution >= 4 is 12.0 Å². The number of primary amides is 1. The minimum atomic E-state index is -0.362. The molecule has 0 saturated heterocycles. The van der Waals surface area contributed by atoms with Gasteiger partial charge in [-0.1, -0.05) is 51.5 Å². The van der Waals surface area contributed by atoms with Crippen LogP contribution in [0, 0.1) is 0 Å². The molecule has 0 radical (unpaired) electrons. The number of carbonyl (C=O) groups excluding carboxylic acids is 1.